The minimum atomic E-state index is 0.458. The molecule has 1 aromatic rings. The number of anilines is 1. The van der Waals surface area contributed by atoms with Crippen LogP contribution in [-0.4, -0.2) is 36.1 Å². The molecule has 106 valence electrons. The van der Waals surface area contributed by atoms with Gasteiger partial charge in [0.1, 0.15) is 5.82 Å². The lowest BCUT2D eigenvalue weighted by Gasteiger charge is -2.33. The van der Waals surface area contributed by atoms with E-state index in [-0.39, 0.29) is 0 Å². The maximum absolute atomic E-state index is 6.11. The van der Waals surface area contributed by atoms with Crippen molar-refractivity contribution < 1.29 is 4.74 Å². The van der Waals surface area contributed by atoms with Crippen LogP contribution in [0.1, 0.15) is 30.5 Å². The average molecular weight is 284 g/mol. The van der Waals surface area contributed by atoms with Crippen LogP contribution in [0.2, 0.25) is 0 Å². The summed E-state index contributed by atoms with van der Waals surface area (Å²) in [5, 5.41) is 4.53. The van der Waals surface area contributed by atoms with Crippen LogP contribution in [0.15, 0.2) is 0 Å². The maximum atomic E-state index is 6.11. The van der Waals surface area contributed by atoms with Crippen molar-refractivity contribution in [2.45, 2.75) is 32.1 Å². The van der Waals surface area contributed by atoms with Crippen LogP contribution in [0.4, 0.5) is 5.82 Å². The van der Waals surface area contributed by atoms with Gasteiger partial charge in [-0.1, -0.05) is 0 Å². The number of hydrogen-bond acceptors (Lipinski definition) is 3. The van der Waals surface area contributed by atoms with Crippen LogP contribution < -0.4 is 4.90 Å². The van der Waals surface area contributed by atoms with Crippen LogP contribution in [0.5, 0.6) is 0 Å². The Balaban J connectivity index is 1.84. The van der Waals surface area contributed by atoms with Crippen molar-refractivity contribution in [1.29, 1.82) is 0 Å². The minimum absolute atomic E-state index is 0.458. The Labute approximate surface area is 119 Å². The Morgan fingerprint density at radius 3 is 2.74 bits per heavy atom. The number of hydrogen-bond donors (Lipinski definition) is 0. The van der Waals surface area contributed by atoms with Crippen molar-refractivity contribution in [3.63, 3.8) is 0 Å². The van der Waals surface area contributed by atoms with Gasteiger partial charge in [0, 0.05) is 38.9 Å². The van der Waals surface area contributed by atoms with E-state index in [2.05, 4.69) is 10.00 Å². The molecule has 0 unspecified atom stereocenters. The first-order valence-electron chi connectivity index (χ1n) is 7.06. The van der Waals surface area contributed by atoms with Crippen LogP contribution in [0, 0.1) is 12.3 Å². The lowest BCUT2D eigenvalue weighted by molar-refractivity contribution is 0.0254. The molecule has 0 bridgehead atoms. The number of aryl methyl sites for hydroxylation is 2. The Kier molecular flexibility index (Phi) is 3.48. The average Bonchev–Trinajstić information content (AvgIpc) is 2.91. The van der Waals surface area contributed by atoms with Gasteiger partial charge in [-0.25, -0.2) is 0 Å². The molecule has 0 amide bonds. The van der Waals surface area contributed by atoms with Crippen molar-refractivity contribution in [2.75, 3.05) is 31.2 Å². The van der Waals surface area contributed by atoms with Gasteiger partial charge in [0.25, 0.3) is 0 Å². The first-order chi connectivity index (χ1) is 9.15. The number of halogens is 1. The molecule has 0 atom stereocenters. The molecule has 19 heavy (non-hydrogen) atoms. The van der Waals surface area contributed by atoms with Crippen molar-refractivity contribution in [2.24, 2.45) is 12.5 Å². The number of ether oxygens (including phenoxy) is 1. The molecule has 0 saturated carbocycles. The van der Waals surface area contributed by atoms with E-state index < -0.39 is 0 Å². The predicted molar refractivity (Wildman–Crippen MR) is 76.8 cm³/mol. The third-order valence-electron chi connectivity index (χ3n) is 4.74. The SMILES string of the molecule is Cc1nn(C)c(N2CCC3(CCOCC3)C2)c1CCl. The molecule has 0 radical (unpaired) electrons. The number of rotatable bonds is 2. The van der Waals surface area contributed by atoms with Crippen LogP contribution in [0.25, 0.3) is 0 Å². The first-order valence-corrected chi connectivity index (χ1v) is 7.60. The molecule has 3 heterocycles. The van der Waals surface area contributed by atoms with Crippen molar-refractivity contribution in [3.8, 4) is 0 Å². The van der Waals surface area contributed by atoms with Gasteiger partial charge in [0.2, 0.25) is 0 Å². The smallest absolute Gasteiger partial charge is 0.131 e. The summed E-state index contributed by atoms with van der Waals surface area (Å²) in [7, 11) is 2.02. The van der Waals surface area contributed by atoms with Crippen molar-refractivity contribution in [1.82, 2.24) is 9.78 Å². The standard InChI is InChI=1S/C14H22ClN3O/c1-11-12(9-15)13(17(2)16-11)18-6-3-14(10-18)4-7-19-8-5-14/h3-10H2,1-2H3. The molecule has 2 aliphatic rings. The van der Waals surface area contributed by atoms with E-state index in [4.69, 9.17) is 16.3 Å². The van der Waals surface area contributed by atoms with Gasteiger partial charge in [0.15, 0.2) is 0 Å². The monoisotopic (exact) mass is 283 g/mol. The van der Waals surface area contributed by atoms with E-state index in [1.54, 1.807) is 0 Å². The fraction of sp³-hybridized carbons (Fsp3) is 0.786. The van der Waals surface area contributed by atoms with Gasteiger partial charge in [-0.3, -0.25) is 4.68 Å². The lowest BCUT2D eigenvalue weighted by Crippen LogP contribution is -2.33. The summed E-state index contributed by atoms with van der Waals surface area (Å²) in [6.45, 7) is 6.12. The molecule has 4 nitrogen and oxygen atoms in total. The molecule has 2 aliphatic heterocycles. The Hall–Kier alpha value is -0.740. The Bertz CT molecular complexity index is 466. The van der Waals surface area contributed by atoms with Crippen molar-refractivity contribution in [3.05, 3.63) is 11.3 Å². The molecular formula is C14H22ClN3O. The van der Waals surface area contributed by atoms with Crippen LogP contribution in [-0.2, 0) is 17.7 Å². The maximum Gasteiger partial charge on any atom is 0.131 e. The zero-order valence-electron chi connectivity index (χ0n) is 11.8. The third-order valence-corrected chi connectivity index (χ3v) is 5.01. The molecule has 1 spiro atoms. The summed E-state index contributed by atoms with van der Waals surface area (Å²) in [6, 6.07) is 0. The zero-order chi connectivity index (χ0) is 13.5. The molecule has 2 saturated heterocycles. The van der Waals surface area contributed by atoms with Gasteiger partial charge >= 0.3 is 0 Å². The van der Waals surface area contributed by atoms with Gasteiger partial charge in [-0.2, -0.15) is 5.10 Å². The second kappa shape index (κ2) is 4.98. The lowest BCUT2D eigenvalue weighted by atomic mass is 9.80. The Morgan fingerprint density at radius 2 is 2.05 bits per heavy atom. The highest BCUT2D eigenvalue weighted by atomic mass is 35.5. The van der Waals surface area contributed by atoms with E-state index in [9.17, 15) is 0 Å². The highest BCUT2D eigenvalue weighted by Gasteiger charge is 2.40. The highest BCUT2D eigenvalue weighted by molar-refractivity contribution is 6.17. The third kappa shape index (κ3) is 2.25. The second-order valence-electron chi connectivity index (χ2n) is 5.93. The van der Waals surface area contributed by atoms with E-state index in [1.165, 1.54) is 30.6 Å². The van der Waals surface area contributed by atoms with Crippen LogP contribution >= 0.6 is 11.6 Å². The molecule has 5 heteroatoms. The molecule has 3 rings (SSSR count). The van der Waals surface area contributed by atoms with Gasteiger partial charge in [-0.05, 0) is 31.6 Å². The summed E-state index contributed by atoms with van der Waals surface area (Å²) < 4.78 is 7.50. The molecular weight excluding hydrogens is 262 g/mol. The Morgan fingerprint density at radius 1 is 1.32 bits per heavy atom. The fourth-order valence-corrected chi connectivity index (χ4v) is 3.88. The summed E-state index contributed by atoms with van der Waals surface area (Å²) in [4.78, 5) is 2.48. The largest absolute Gasteiger partial charge is 0.381 e. The fourth-order valence-electron chi connectivity index (χ4n) is 3.57. The summed E-state index contributed by atoms with van der Waals surface area (Å²) in [5.41, 5.74) is 2.70. The van der Waals surface area contributed by atoms with Crippen molar-refractivity contribution >= 4 is 17.4 Å². The summed E-state index contributed by atoms with van der Waals surface area (Å²) in [6.07, 6.45) is 3.65. The van der Waals surface area contributed by atoms with E-state index in [0.717, 1.165) is 32.0 Å². The molecule has 1 aromatic heterocycles. The number of nitrogens with zero attached hydrogens (tertiary/aromatic N) is 3. The van der Waals surface area contributed by atoms with Crippen LogP contribution in [0.3, 0.4) is 0 Å². The summed E-state index contributed by atoms with van der Waals surface area (Å²) >= 11 is 6.11. The molecule has 0 aromatic carbocycles. The van der Waals surface area contributed by atoms with Gasteiger partial charge in [0.05, 0.1) is 11.6 Å². The quantitative estimate of drug-likeness (QED) is 0.781. The number of aromatic nitrogens is 2. The van der Waals surface area contributed by atoms with Gasteiger partial charge < -0.3 is 9.64 Å². The zero-order valence-corrected chi connectivity index (χ0v) is 12.5. The number of alkyl halides is 1. The van der Waals surface area contributed by atoms with E-state index >= 15 is 0 Å². The summed E-state index contributed by atoms with van der Waals surface area (Å²) in [5.74, 6) is 1.76. The molecule has 0 N–H and O–H groups in total. The normalized spacial score (nSPS) is 22.4. The van der Waals surface area contributed by atoms with E-state index in [1.807, 2.05) is 18.7 Å². The minimum Gasteiger partial charge on any atom is -0.381 e. The van der Waals surface area contributed by atoms with Gasteiger partial charge in [-0.15, -0.1) is 11.6 Å². The first kappa shape index (κ1) is 13.3. The van der Waals surface area contributed by atoms with E-state index in [0.29, 0.717) is 11.3 Å². The topological polar surface area (TPSA) is 30.3 Å². The second-order valence-corrected chi connectivity index (χ2v) is 6.20. The molecule has 0 aliphatic carbocycles. The predicted octanol–water partition coefficient (Wildman–Crippen LogP) is 2.47. The highest BCUT2D eigenvalue weighted by Crippen LogP contribution is 2.42. The molecule has 2 fully saturated rings.